The minimum absolute atomic E-state index is 0.182. The van der Waals surface area contributed by atoms with E-state index < -0.39 is 11.9 Å². The summed E-state index contributed by atoms with van der Waals surface area (Å²) in [6.07, 6.45) is 1.46. The van der Waals surface area contributed by atoms with Gasteiger partial charge in [-0.05, 0) is 44.5 Å². The number of carbonyl (C=O) groups is 2. The first-order valence-electron chi connectivity index (χ1n) is 10.7. The summed E-state index contributed by atoms with van der Waals surface area (Å²) < 4.78 is 21.0. The summed E-state index contributed by atoms with van der Waals surface area (Å²) >= 11 is 2.37. The van der Waals surface area contributed by atoms with Gasteiger partial charge in [0.1, 0.15) is 26.5 Å². The number of nitriles is 1. The molecule has 1 aliphatic rings. The number of nitrogens with one attached hydrogen (secondary N) is 1. The molecule has 0 bridgehead atoms. The van der Waals surface area contributed by atoms with Gasteiger partial charge >= 0.3 is 11.9 Å². The van der Waals surface area contributed by atoms with Crippen LogP contribution >= 0.6 is 22.7 Å². The van der Waals surface area contributed by atoms with Gasteiger partial charge in [-0.1, -0.05) is 0 Å². The molecule has 35 heavy (non-hydrogen) atoms. The van der Waals surface area contributed by atoms with E-state index in [9.17, 15) is 14.9 Å². The van der Waals surface area contributed by atoms with Gasteiger partial charge in [-0.3, -0.25) is 0 Å². The third-order valence-corrected chi connectivity index (χ3v) is 7.04. The lowest BCUT2D eigenvalue weighted by Crippen LogP contribution is -2.09. The molecule has 0 spiro atoms. The van der Waals surface area contributed by atoms with E-state index >= 15 is 0 Å². The zero-order valence-electron chi connectivity index (χ0n) is 19.2. The molecule has 0 amide bonds. The van der Waals surface area contributed by atoms with Gasteiger partial charge in [0.15, 0.2) is 11.5 Å². The van der Waals surface area contributed by atoms with Gasteiger partial charge in [0.2, 0.25) is 6.79 Å². The highest BCUT2D eigenvalue weighted by Crippen LogP contribution is 2.37. The number of benzene rings is 1. The number of nitrogens with zero attached hydrogens (tertiary/aromatic N) is 2. The highest BCUT2D eigenvalue weighted by molar-refractivity contribution is 7.18. The molecule has 2 aromatic heterocycles. The molecule has 11 heteroatoms. The van der Waals surface area contributed by atoms with Crippen LogP contribution in [0.4, 0.5) is 5.00 Å². The molecule has 4 rings (SSSR count). The minimum atomic E-state index is -0.564. The van der Waals surface area contributed by atoms with E-state index in [1.54, 1.807) is 20.8 Å². The van der Waals surface area contributed by atoms with Gasteiger partial charge < -0.3 is 24.3 Å². The van der Waals surface area contributed by atoms with Crippen LogP contribution in [-0.4, -0.2) is 36.9 Å². The lowest BCUT2D eigenvalue weighted by Gasteiger charge is -2.05. The Morgan fingerprint density at radius 2 is 1.94 bits per heavy atom. The molecule has 0 atom stereocenters. The third kappa shape index (κ3) is 4.99. The summed E-state index contributed by atoms with van der Waals surface area (Å²) in [4.78, 5) is 29.8. The Hall–Kier alpha value is -3.88. The average Bonchev–Trinajstić information content (AvgIpc) is 3.58. The van der Waals surface area contributed by atoms with Crippen LogP contribution < -0.4 is 14.8 Å². The van der Waals surface area contributed by atoms with E-state index in [0.717, 1.165) is 16.9 Å². The van der Waals surface area contributed by atoms with Crippen molar-refractivity contribution in [2.24, 2.45) is 0 Å². The molecule has 180 valence electrons. The lowest BCUT2D eigenvalue weighted by atomic mass is 10.1. The van der Waals surface area contributed by atoms with Crippen LogP contribution in [0.2, 0.25) is 0 Å². The summed E-state index contributed by atoms with van der Waals surface area (Å²) in [7, 11) is 0. The molecule has 0 aliphatic carbocycles. The Balaban J connectivity index is 1.62. The highest BCUT2D eigenvalue weighted by Gasteiger charge is 2.26. The Bertz CT molecular complexity index is 1350. The fourth-order valence-corrected chi connectivity index (χ4v) is 5.17. The molecule has 0 radical (unpaired) electrons. The van der Waals surface area contributed by atoms with Crippen molar-refractivity contribution in [1.29, 1.82) is 5.26 Å². The SMILES string of the molecule is CCOC(=O)c1sc(NC=C(C#N)c2nc(-c3ccc4c(c3)OCO4)cs2)c(C(=O)OCC)c1C. The zero-order chi connectivity index (χ0) is 24.9. The van der Waals surface area contributed by atoms with Crippen LogP contribution in [0.25, 0.3) is 16.8 Å². The summed E-state index contributed by atoms with van der Waals surface area (Å²) in [6.45, 7) is 5.65. The average molecular weight is 512 g/mol. The number of rotatable bonds is 8. The van der Waals surface area contributed by atoms with Crippen LogP contribution in [0.5, 0.6) is 11.5 Å². The van der Waals surface area contributed by atoms with E-state index in [0.29, 0.717) is 37.6 Å². The van der Waals surface area contributed by atoms with E-state index in [1.807, 2.05) is 23.6 Å². The van der Waals surface area contributed by atoms with Gasteiger partial charge in [-0.15, -0.1) is 22.7 Å². The third-order valence-electron chi connectivity index (χ3n) is 4.96. The molecule has 3 aromatic rings. The second-order valence-electron chi connectivity index (χ2n) is 7.12. The van der Waals surface area contributed by atoms with E-state index in [4.69, 9.17) is 18.9 Å². The first-order valence-corrected chi connectivity index (χ1v) is 12.4. The standard InChI is InChI=1S/C24H21N3O6S2/c1-4-30-23(28)19-13(3)20(24(29)31-5-2)35-22(19)26-10-15(9-25)21-27-16(11-34-21)14-6-7-17-18(8-14)33-12-32-17/h6-8,10-11,26H,4-5,12H2,1-3H3. The molecule has 0 saturated carbocycles. The van der Waals surface area contributed by atoms with Gasteiger partial charge in [0.05, 0.1) is 24.5 Å². The van der Waals surface area contributed by atoms with Gasteiger partial charge in [-0.2, -0.15) is 5.26 Å². The predicted octanol–water partition coefficient (Wildman–Crippen LogP) is 5.24. The van der Waals surface area contributed by atoms with Crippen LogP contribution in [0.15, 0.2) is 29.8 Å². The maximum Gasteiger partial charge on any atom is 0.348 e. The van der Waals surface area contributed by atoms with Crippen LogP contribution in [0.3, 0.4) is 0 Å². The van der Waals surface area contributed by atoms with Crippen molar-refractivity contribution in [2.75, 3.05) is 25.3 Å². The van der Waals surface area contributed by atoms with Crippen molar-refractivity contribution >= 4 is 45.2 Å². The molecule has 0 saturated heterocycles. The molecular weight excluding hydrogens is 490 g/mol. The first-order chi connectivity index (χ1) is 17.0. The van der Waals surface area contributed by atoms with Gasteiger partial charge in [-0.25, -0.2) is 14.6 Å². The number of hydrogen-bond acceptors (Lipinski definition) is 11. The van der Waals surface area contributed by atoms with Crippen molar-refractivity contribution in [1.82, 2.24) is 4.98 Å². The van der Waals surface area contributed by atoms with E-state index in [-0.39, 0.29) is 31.1 Å². The normalized spacial score (nSPS) is 12.2. The maximum absolute atomic E-state index is 12.6. The topological polar surface area (TPSA) is 120 Å². The number of hydrogen-bond donors (Lipinski definition) is 1. The monoisotopic (exact) mass is 511 g/mol. The fourth-order valence-electron chi connectivity index (χ4n) is 3.32. The molecule has 1 N–H and O–H groups in total. The predicted molar refractivity (Wildman–Crippen MR) is 132 cm³/mol. The number of aromatic nitrogens is 1. The smallest absolute Gasteiger partial charge is 0.348 e. The van der Waals surface area contributed by atoms with Crippen molar-refractivity contribution in [3.63, 3.8) is 0 Å². The molecule has 0 unspecified atom stereocenters. The number of esters is 2. The number of carbonyl (C=O) groups excluding carboxylic acids is 2. The van der Waals surface area contributed by atoms with E-state index in [2.05, 4.69) is 16.4 Å². The number of fused-ring (bicyclic) bond motifs is 1. The minimum Gasteiger partial charge on any atom is -0.462 e. The Kier molecular flexibility index (Phi) is 7.33. The van der Waals surface area contributed by atoms with Crippen LogP contribution in [0, 0.1) is 18.3 Å². The number of anilines is 1. The lowest BCUT2D eigenvalue weighted by molar-refractivity contribution is 0.0527. The number of ether oxygens (including phenoxy) is 4. The van der Waals surface area contributed by atoms with Crippen molar-refractivity contribution in [2.45, 2.75) is 20.8 Å². The quantitative estimate of drug-likeness (QED) is 0.320. The zero-order valence-corrected chi connectivity index (χ0v) is 20.8. The van der Waals surface area contributed by atoms with Gasteiger partial charge in [0, 0.05) is 17.1 Å². The second-order valence-corrected chi connectivity index (χ2v) is 9.00. The number of allylic oxidation sites excluding steroid dienone is 1. The first kappa shape index (κ1) is 24.3. The van der Waals surface area contributed by atoms with E-state index in [1.165, 1.54) is 17.5 Å². The van der Waals surface area contributed by atoms with Crippen LogP contribution in [-0.2, 0) is 9.47 Å². The van der Waals surface area contributed by atoms with Crippen molar-refractivity contribution in [3.05, 3.63) is 50.8 Å². The molecule has 0 fully saturated rings. The summed E-state index contributed by atoms with van der Waals surface area (Å²) in [5, 5.41) is 15.5. The summed E-state index contributed by atoms with van der Waals surface area (Å²) in [5.74, 6) is 0.237. The molecule has 3 heterocycles. The maximum atomic E-state index is 12.6. The Labute approximate surface area is 209 Å². The van der Waals surface area contributed by atoms with Crippen LogP contribution in [0.1, 0.15) is 44.4 Å². The molecule has 9 nitrogen and oxygen atoms in total. The largest absolute Gasteiger partial charge is 0.462 e. The Morgan fingerprint density at radius 3 is 2.69 bits per heavy atom. The van der Waals surface area contributed by atoms with Crippen molar-refractivity contribution < 1.29 is 28.5 Å². The second kappa shape index (κ2) is 10.6. The molecule has 1 aromatic carbocycles. The summed E-state index contributed by atoms with van der Waals surface area (Å²) in [6, 6.07) is 7.66. The number of thiazole rings is 1. The molecular formula is C24H21N3O6S2. The van der Waals surface area contributed by atoms with Gasteiger partial charge in [0.25, 0.3) is 0 Å². The Morgan fingerprint density at radius 1 is 1.20 bits per heavy atom. The number of thiophene rings is 1. The van der Waals surface area contributed by atoms with Crippen molar-refractivity contribution in [3.8, 4) is 28.8 Å². The fraction of sp³-hybridized carbons (Fsp3) is 0.250. The highest BCUT2D eigenvalue weighted by atomic mass is 32.1. The summed E-state index contributed by atoms with van der Waals surface area (Å²) in [5.41, 5.74) is 2.47. The molecule has 1 aliphatic heterocycles.